The molecule has 0 radical (unpaired) electrons. The van der Waals surface area contributed by atoms with Crippen molar-refractivity contribution in [3.63, 3.8) is 0 Å². The minimum absolute atomic E-state index is 0.173. The van der Waals surface area contributed by atoms with Crippen molar-refractivity contribution in [2.45, 2.75) is 12.8 Å². The molecule has 0 atom stereocenters. The number of halogens is 2. The molecular weight excluding hydrogens is 385 g/mol. The molecule has 0 aliphatic heterocycles. The summed E-state index contributed by atoms with van der Waals surface area (Å²) < 4.78 is 4.79. The van der Waals surface area contributed by atoms with Crippen LogP contribution >= 0.6 is 23.2 Å². The summed E-state index contributed by atoms with van der Waals surface area (Å²) in [6.45, 7) is 0. The summed E-state index contributed by atoms with van der Waals surface area (Å²) in [5.74, 6) is -0.680. The van der Waals surface area contributed by atoms with E-state index in [9.17, 15) is 9.59 Å². The third-order valence-electron chi connectivity index (χ3n) is 4.14. The summed E-state index contributed by atoms with van der Waals surface area (Å²) in [5.41, 5.74) is 1.83. The molecular formula is C21H17Cl2NO3. The van der Waals surface area contributed by atoms with Gasteiger partial charge < -0.3 is 10.1 Å². The molecule has 3 aromatic rings. The average molecular weight is 402 g/mol. The van der Waals surface area contributed by atoms with Crippen LogP contribution in [-0.2, 0) is 16.0 Å². The second-order valence-corrected chi connectivity index (χ2v) is 6.88. The molecule has 0 aliphatic rings. The molecule has 6 heteroatoms. The molecule has 138 valence electrons. The molecule has 0 saturated carbocycles. The van der Waals surface area contributed by atoms with Crippen LogP contribution in [0.5, 0.6) is 0 Å². The Kier molecular flexibility index (Phi) is 5.99. The van der Waals surface area contributed by atoms with Gasteiger partial charge in [0.2, 0.25) is 5.91 Å². The Balaban J connectivity index is 1.91. The second-order valence-electron chi connectivity index (χ2n) is 6.03. The highest BCUT2D eigenvalue weighted by atomic mass is 35.5. The van der Waals surface area contributed by atoms with Gasteiger partial charge in [-0.3, -0.25) is 4.79 Å². The molecule has 3 rings (SSSR count). The van der Waals surface area contributed by atoms with Gasteiger partial charge in [-0.2, -0.15) is 0 Å². The lowest BCUT2D eigenvalue weighted by molar-refractivity contribution is -0.116. The Labute approximate surface area is 167 Å². The lowest BCUT2D eigenvalue weighted by atomic mass is 10.0. The summed E-state index contributed by atoms with van der Waals surface area (Å²) in [7, 11) is 1.30. The molecule has 0 aromatic heterocycles. The first-order chi connectivity index (χ1) is 13.0. The molecule has 27 heavy (non-hydrogen) atoms. The Hall–Kier alpha value is -2.56. The number of hydrogen-bond acceptors (Lipinski definition) is 3. The Bertz CT molecular complexity index is 1000. The molecule has 1 amide bonds. The standard InChI is InChI=1S/C21H17Cl2NO3/c1-27-21(26)15-9-14-10-16(22)12-17(23)20(14)18(11-15)24-19(25)8-7-13-5-3-2-4-6-13/h2-6,9-12H,7-8H2,1H3,(H,24,25). The van der Waals surface area contributed by atoms with E-state index in [0.29, 0.717) is 44.9 Å². The smallest absolute Gasteiger partial charge is 0.337 e. The van der Waals surface area contributed by atoms with Crippen molar-refractivity contribution in [1.29, 1.82) is 0 Å². The van der Waals surface area contributed by atoms with Gasteiger partial charge in [0.15, 0.2) is 0 Å². The topological polar surface area (TPSA) is 55.4 Å². The van der Waals surface area contributed by atoms with Crippen LogP contribution in [0, 0.1) is 0 Å². The number of benzene rings is 3. The number of nitrogens with one attached hydrogen (secondary N) is 1. The van der Waals surface area contributed by atoms with Crippen molar-refractivity contribution < 1.29 is 14.3 Å². The fraction of sp³-hybridized carbons (Fsp3) is 0.143. The number of carbonyl (C=O) groups is 2. The van der Waals surface area contributed by atoms with Gasteiger partial charge in [0.25, 0.3) is 0 Å². The molecule has 0 unspecified atom stereocenters. The van der Waals surface area contributed by atoms with Gasteiger partial charge in [-0.25, -0.2) is 4.79 Å². The van der Waals surface area contributed by atoms with Gasteiger partial charge in [-0.05, 0) is 41.6 Å². The maximum Gasteiger partial charge on any atom is 0.337 e. The molecule has 3 aromatic carbocycles. The lowest BCUT2D eigenvalue weighted by Crippen LogP contribution is -2.13. The van der Waals surface area contributed by atoms with E-state index in [0.717, 1.165) is 5.56 Å². The van der Waals surface area contributed by atoms with E-state index in [1.807, 2.05) is 30.3 Å². The number of anilines is 1. The van der Waals surface area contributed by atoms with E-state index in [2.05, 4.69) is 5.32 Å². The van der Waals surface area contributed by atoms with Gasteiger partial charge in [0.1, 0.15) is 0 Å². The molecule has 0 bridgehead atoms. The molecule has 0 aliphatic carbocycles. The number of aryl methyl sites for hydroxylation is 1. The fourth-order valence-electron chi connectivity index (χ4n) is 2.88. The van der Waals surface area contributed by atoms with Crippen LogP contribution in [0.15, 0.2) is 54.6 Å². The highest BCUT2D eigenvalue weighted by molar-refractivity contribution is 6.40. The maximum absolute atomic E-state index is 12.5. The first kappa shape index (κ1) is 19.2. The summed E-state index contributed by atoms with van der Waals surface area (Å²) in [6, 6.07) is 16.2. The van der Waals surface area contributed by atoms with Crippen LogP contribution in [0.4, 0.5) is 5.69 Å². The van der Waals surface area contributed by atoms with Gasteiger partial charge in [0, 0.05) is 16.8 Å². The highest BCUT2D eigenvalue weighted by Gasteiger charge is 2.15. The number of carbonyl (C=O) groups excluding carboxylic acids is 2. The number of methoxy groups -OCH3 is 1. The van der Waals surface area contributed by atoms with Crippen LogP contribution in [0.1, 0.15) is 22.3 Å². The third-order valence-corrected chi connectivity index (χ3v) is 4.66. The monoisotopic (exact) mass is 401 g/mol. The van der Waals surface area contributed by atoms with Crippen LogP contribution < -0.4 is 5.32 Å². The molecule has 0 heterocycles. The van der Waals surface area contributed by atoms with E-state index < -0.39 is 5.97 Å². The SMILES string of the molecule is COC(=O)c1cc(NC(=O)CCc2ccccc2)c2c(Cl)cc(Cl)cc2c1. The number of ether oxygens (including phenoxy) is 1. The van der Waals surface area contributed by atoms with E-state index in [1.54, 1.807) is 24.3 Å². The molecule has 0 fully saturated rings. The largest absolute Gasteiger partial charge is 0.465 e. The van der Waals surface area contributed by atoms with E-state index in [4.69, 9.17) is 27.9 Å². The van der Waals surface area contributed by atoms with Crippen molar-refractivity contribution in [3.8, 4) is 0 Å². The Morgan fingerprint density at radius 2 is 1.78 bits per heavy atom. The van der Waals surface area contributed by atoms with Crippen LogP contribution in [-0.4, -0.2) is 19.0 Å². The summed E-state index contributed by atoms with van der Waals surface area (Å²) in [6.07, 6.45) is 0.917. The molecule has 4 nitrogen and oxygen atoms in total. The highest BCUT2D eigenvalue weighted by Crippen LogP contribution is 2.35. The van der Waals surface area contributed by atoms with Crippen molar-refractivity contribution in [1.82, 2.24) is 0 Å². The minimum Gasteiger partial charge on any atom is -0.465 e. The van der Waals surface area contributed by atoms with Crippen molar-refractivity contribution >= 4 is 51.5 Å². The molecule has 0 spiro atoms. The van der Waals surface area contributed by atoms with E-state index in [-0.39, 0.29) is 5.91 Å². The predicted octanol–water partition coefficient (Wildman–Crippen LogP) is 5.50. The fourth-order valence-corrected chi connectivity index (χ4v) is 3.49. The molecule has 1 N–H and O–H groups in total. The quantitative estimate of drug-likeness (QED) is 0.573. The Morgan fingerprint density at radius 1 is 1.04 bits per heavy atom. The predicted molar refractivity (Wildman–Crippen MR) is 109 cm³/mol. The van der Waals surface area contributed by atoms with Gasteiger partial charge in [0.05, 0.1) is 23.4 Å². The number of amides is 1. The van der Waals surface area contributed by atoms with Gasteiger partial charge in [-0.1, -0.05) is 53.5 Å². The van der Waals surface area contributed by atoms with Crippen molar-refractivity contribution in [3.05, 3.63) is 75.8 Å². The zero-order chi connectivity index (χ0) is 19.4. The zero-order valence-electron chi connectivity index (χ0n) is 14.6. The number of fused-ring (bicyclic) bond motifs is 1. The molecule has 0 saturated heterocycles. The van der Waals surface area contributed by atoms with E-state index in [1.165, 1.54) is 7.11 Å². The minimum atomic E-state index is -0.507. The summed E-state index contributed by atoms with van der Waals surface area (Å²) in [4.78, 5) is 24.4. The van der Waals surface area contributed by atoms with Crippen molar-refractivity contribution in [2.75, 3.05) is 12.4 Å². The zero-order valence-corrected chi connectivity index (χ0v) is 16.1. The normalized spacial score (nSPS) is 10.6. The van der Waals surface area contributed by atoms with E-state index >= 15 is 0 Å². The summed E-state index contributed by atoms with van der Waals surface area (Å²) in [5, 5.41) is 4.97. The first-order valence-corrected chi connectivity index (χ1v) is 9.08. The average Bonchev–Trinajstić information content (AvgIpc) is 2.65. The third kappa shape index (κ3) is 4.59. The second kappa shape index (κ2) is 8.42. The lowest BCUT2D eigenvalue weighted by Gasteiger charge is -2.13. The van der Waals surface area contributed by atoms with Crippen LogP contribution in [0.2, 0.25) is 10.0 Å². The Morgan fingerprint density at radius 3 is 2.48 bits per heavy atom. The van der Waals surface area contributed by atoms with Crippen LogP contribution in [0.3, 0.4) is 0 Å². The van der Waals surface area contributed by atoms with Crippen molar-refractivity contribution in [2.24, 2.45) is 0 Å². The first-order valence-electron chi connectivity index (χ1n) is 8.33. The maximum atomic E-state index is 12.5. The number of hydrogen-bond donors (Lipinski definition) is 1. The van der Waals surface area contributed by atoms with Gasteiger partial charge in [-0.15, -0.1) is 0 Å². The van der Waals surface area contributed by atoms with Gasteiger partial charge >= 0.3 is 5.97 Å². The van der Waals surface area contributed by atoms with Crippen LogP contribution in [0.25, 0.3) is 10.8 Å². The number of esters is 1. The summed E-state index contributed by atoms with van der Waals surface area (Å²) >= 11 is 12.4. The number of rotatable bonds is 5.